The monoisotopic (exact) mass is 403 g/mol. The molecule has 0 radical (unpaired) electrons. The highest BCUT2D eigenvalue weighted by Crippen LogP contribution is 2.27. The maximum absolute atomic E-state index is 12.4. The van der Waals surface area contributed by atoms with Crippen LogP contribution < -0.4 is 10.2 Å². The van der Waals surface area contributed by atoms with Gasteiger partial charge in [0.2, 0.25) is 11.8 Å². The summed E-state index contributed by atoms with van der Waals surface area (Å²) in [5.74, 6) is -0.953. The molecular formula is C17H14BrN3O4. The van der Waals surface area contributed by atoms with Gasteiger partial charge in [0.25, 0.3) is 5.69 Å². The van der Waals surface area contributed by atoms with Gasteiger partial charge in [0.1, 0.15) is 0 Å². The molecule has 0 spiro atoms. The summed E-state index contributed by atoms with van der Waals surface area (Å²) < 4.78 is 0.905. The van der Waals surface area contributed by atoms with Crippen molar-refractivity contribution in [2.24, 2.45) is 5.92 Å². The van der Waals surface area contributed by atoms with Gasteiger partial charge in [-0.05, 0) is 30.3 Å². The fourth-order valence-electron chi connectivity index (χ4n) is 2.70. The summed E-state index contributed by atoms with van der Waals surface area (Å²) in [5, 5.41) is 13.5. The van der Waals surface area contributed by atoms with Crippen molar-refractivity contribution in [3.63, 3.8) is 0 Å². The van der Waals surface area contributed by atoms with E-state index in [-0.39, 0.29) is 30.5 Å². The number of hydrogen-bond acceptors (Lipinski definition) is 4. The van der Waals surface area contributed by atoms with Crippen molar-refractivity contribution >= 4 is 44.8 Å². The molecule has 0 saturated carbocycles. The molecule has 0 bridgehead atoms. The Labute approximate surface area is 151 Å². The lowest BCUT2D eigenvalue weighted by molar-refractivity contribution is -0.384. The molecular weight excluding hydrogens is 390 g/mol. The zero-order valence-electron chi connectivity index (χ0n) is 13.0. The van der Waals surface area contributed by atoms with Gasteiger partial charge in [-0.25, -0.2) is 0 Å². The number of nitrogens with one attached hydrogen (secondary N) is 1. The molecule has 0 unspecified atom stereocenters. The Morgan fingerprint density at radius 2 is 1.96 bits per heavy atom. The molecule has 3 rings (SSSR count). The van der Waals surface area contributed by atoms with Gasteiger partial charge in [-0.2, -0.15) is 0 Å². The van der Waals surface area contributed by atoms with Crippen molar-refractivity contribution in [1.82, 2.24) is 0 Å². The fourth-order valence-corrected chi connectivity index (χ4v) is 2.96. The number of halogens is 1. The Balaban J connectivity index is 1.69. The number of nitro benzene ring substituents is 1. The summed E-state index contributed by atoms with van der Waals surface area (Å²) in [4.78, 5) is 36.5. The molecule has 1 aliphatic heterocycles. The minimum Gasteiger partial charge on any atom is -0.326 e. The Morgan fingerprint density at radius 1 is 1.24 bits per heavy atom. The Kier molecular flexibility index (Phi) is 4.80. The van der Waals surface area contributed by atoms with Crippen LogP contribution in [0.25, 0.3) is 0 Å². The van der Waals surface area contributed by atoms with Gasteiger partial charge >= 0.3 is 0 Å². The van der Waals surface area contributed by atoms with Crippen LogP contribution in [-0.4, -0.2) is 23.3 Å². The Bertz CT molecular complexity index is 838. The van der Waals surface area contributed by atoms with Gasteiger partial charge in [0.15, 0.2) is 0 Å². The third kappa shape index (κ3) is 3.85. The zero-order valence-corrected chi connectivity index (χ0v) is 14.6. The van der Waals surface area contributed by atoms with Crippen LogP contribution in [-0.2, 0) is 9.59 Å². The van der Waals surface area contributed by atoms with Crippen LogP contribution in [0, 0.1) is 16.0 Å². The summed E-state index contributed by atoms with van der Waals surface area (Å²) >= 11 is 3.34. The number of carbonyl (C=O) groups excluding carboxylic acids is 2. The molecule has 2 amide bonds. The van der Waals surface area contributed by atoms with Crippen LogP contribution >= 0.6 is 15.9 Å². The molecule has 8 heteroatoms. The summed E-state index contributed by atoms with van der Waals surface area (Å²) in [5.41, 5.74) is 0.976. The zero-order chi connectivity index (χ0) is 18.0. The number of non-ortho nitro benzene ring substituents is 1. The average Bonchev–Trinajstić information content (AvgIpc) is 2.98. The van der Waals surface area contributed by atoms with E-state index in [1.807, 2.05) is 24.3 Å². The number of anilines is 2. The van der Waals surface area contributed by atoms with Crippen molar-refractivity contribution in [3.05, 3.63) is 63.1 Å². The first-order valence-electron chi connectivity index (χ1n) is 7.55. The van der Waals surface area contributed by atoms with E-state index in [1.54, 1.807) is 11.0 Å². The Hall–Kier alpha value is -2.74. The maximum Gasteiger partial charge on any atom is 0.271 e. The summed E-state index contributed by atoms with van der Waals surface area (Å²) in [6.45, 7) is 0.279. The van der Waals surface area contributed by atoms with E-state index in [4.69, 9.17) is 0 Å². The number of hydrogen-bond donors (Lipinski definition) is 1. The van der Waals surface area contributed by atoms with Gasteiger partial charge in [0.05, 0.1) is 10.8 Å². The van der Waals surface area contributed by atoms with E-state index in [9.17, 15) is 19.7 Å². The topological polar surface area (TPSA) is 92.5 Å². The molecule has 2 aromatic rings. The van der Waals surface area contributed by atoms with Crippen LogP contribution in [0.1, 0.15) is 6.42 Å². The third-order valence-electron chi connectivity index (χ3n) is 3.96. The van der Waals surface area contributed by atoms with Crippen LogP contribution in [0.2, 0.25) is 0 Å². The highest BCUT2D eigenvalue weighted by atomic mass is 79.9. The number of nitro groups is 1. The predicted octanol–water partition coefficient (Wildman–Crippen LogP) is 3.35. The van der Waals surface area contributed by atoms with Gasteiger partial charge in [-0.3, -0.25) is 19.7 Å². The molecule has 0 aromatic heterocycles. The van der Waals surface area contributed by atoms with Crippen LogP contribution in [0.5, 0.6) is 0 Å². The van der Waals surface area contributed by atoms with Gasteiger partial charge in [-0.1, -0.05) is 22.0 Å². The summed E-state index contributed by atoms with van der Waals surface area (Å²) in [7, 11) is 0. The van der Waals surface area contributed by atoms with Crippen molar-refractivity contribution in [2.45, 2.75) is 6.42 Å². The first-order valence-corrected chi connectivity index (χ1v) is 8.34. The van der Waals surface area contributed by atoms with E-state index >= 15 is 0 Å². The number of amides is 2. The van der Waals surface area contributed by atoms with E-state index < -0.39 is 10.8 Å². The third-order valence-corrected chi connectivity index (χ3v) is 4.49. The molecule has 1 fully saturated rings. The summed E-state index contributed by atoms with van der Waals surface area (Å²) in [6, 6.07) is 13.0. The molecule has 1 N–H and O–H groups in total. The van der Waals surface area contributed by atoms with E-state index in [1.165, 1.54) is 18.2 Å². The molecule has 7 nitrogen and oxygen atoms in total. The predicted molar refractivity (Wildman–Crippen MR) is 96.3 cm³/mol. The van der Waals surface area contributed by atoms with Gasteiger partial charge in [-0.15, -0.1) is 0 Å². The largest absolute Gasteiger partial charge is 0.326 e. The van der Waals surface area contributed by atoms with Crippen LogP contribution in [0.3, 0.4) is 0 Å². The normalized spacial score (nSPS) is 16.8. The molecule has 1 heterocycles. The lowest BCUT2D eigenvalue weighted by Gasteiger charge is -2.16. The number of nitrogens with zero attached hydrogens (tertiary/aromatic N) is 2. The first-order chi connectivity index (χ1) is 11.9. The molecule has 1 aliphatic rings. The van der Waals surface area contributed by atoms with Crippen molar-refractivity contribution in [1.29, 1.82) is 0 Å². The second-order valence-electron chi connectivity index (χ2n) is 5.68. The van der Waals surface area contributed by atoms with E-state index in [0.717, 1.165) is 10.2 Å². The van der Waals surface area contributed by atoms with Crippen molar-refractivity contribution in [2.75, 3.05) is 16.8 Å². The van der Waals surface area contributed by atoms with Crippen LogP contribution in [0.15, 0.2) is 53.0 Å². The smallest absolute Gasteiger partial charge is 0.271 e. The quantitative estimate of drug-likeness (QED) is 0.625. The highest BCUT2D eigenvalue weighted by molar-refractivity contribution is 9.10. The van der Waals surface area contributed by atoms with Crippen molar-refractivity contribution < 1.29 is 14.5 Å². The SMILES string of the molecule is O=C(Nc1cccc([N+](=O)[O-])c1)[C@@H]1CC(=O)N(c2ccc(Br)cc2)C1. The number of benzene rings is 2. The van der Waals surface area contributed by atoms with E-state index in [2.05, 4.69) is 21.2 Å². The molecule has 25 heavy (non-hydrogen) atoms. The average molecular weight is 404 g/mol. The standard InChI is InChI=1S/C17H14BrN3O4/c18-12-4-6-14(7-5-12)20-10-11(8-16(20)22)17(23)19-13-2-1-3-15(9-13)21(24)25/h1-7,9,11H,8,10H2,(H,19,23)/t11-/m1/s1. The summed E-state index contributed by atoms with van der Waals surface area (Å²) in [6.07, 6.45) is 0.108. The maximum atomic E-state index is 12.4. The Morgan fingerprint density at radius 3 is 2.64 bits per heavy atom. The lowest BCUT2D eigenvalue weighted by atomic mass is 10.1. The minimum atomic E-state index is -0.524. The van der Waals surface area contributed by atoms with Gasteiger partial charge in [0, 0.05) is 40.9 Å². The number of rotatable bonds is 4. The second-order valence-corrected chi connectivity index (χ2v) is 6.59. The first kappa shape index (κ1) is 17.1. The van der Waals surface area contributed by atoms with E-state index in [0.29, 0.717) is 5.69 Å². The molecule has 2 aromatic carbocycles. The molecule has 0 aliphatic carbocycles. The number of carbonyl (C=O) groups is 2. The fraction of sp³-hybridized carbons (Fsp3) is 0.176. The second kappa shape index (κ2) is 7.02. The highest BCUT2D eigenvalue weighted by Gasteiger charge is 2.35. The lowest BCUT2D eigenvalue weighted by Crippen LogP contribution is -2.28. The van der Waals surface area contributed by atoms with Gasteiger partial charge < -0.3 is 10.2 Å². The van der Waals surface area contributed by atoms with Crippen LogP contribution in [0.4, 0.5) is 17.1 Å². The molecule has 1 atom stereocenters. The molecule has 128 valence electrons. The van der Waals surface area contributed by atoms with Crippen molar-refractivity contribution in [3.8, 4) is 0 Å². The minimum absolute atomic E-state index is 0.100. The molecule has 1 saturated heterocycles.